The summed E-state index contributed by atoms with van der Waals surface area (Å²) in [5.74, 6) is 0. The number of nitrogens with zero attached hydrogens (tertiary/aromatic N) is 2. The van der Waals surface area contributed by atoms with Gasteiger partial charge in [0.25, 0.3) is 0 Å². The number of anilines is 1. The fourth-order valence-corrected chi connectivity index (χ4v) is 3.80. The van der Waals surface area contributed by atoms with Crippen molar-refractivity contribution in [1.29, 1.82) is 0 Å². The summed E-state index contributed by atoms with van der Waals surface area (Å²) >= 11 is 0. The molecule has 122 valence electrons. The Kier molecular flexibility index (Phi) is 3.97. The van der Waals surface area contributed by atoms with Gasteiger partial charge in [-0.1, -0.05) is 35.4 Å². The summed E-state index contributed by atoms with van der Waals surface area (Å²) < 4.78 is 0. The highest BCUT2D eigenvalue weighted by atomic mass is 15.1. The molecule has 3 aromatic rings. The molecule has 0 spiro atoms. The van der Waals surface area contributed by atoms with E-state index in [1.165, 1.54) is 47.0 Å². The monoisotopic (exact) mass is 316 g/mol. The summed E-state index contributed by atoms with van der Waals surface area (Å²) in [5.41, 5.74) is 7.28. The average molecular weight is 316 g/mol. The molecule has 2 heteroatoms. The number of para-hydroxylation sites is 1. The zero-order valence-electron chi connectivity index (χ0n) is 14.5. The number of fused-ring (bicyclic) bond motifs is 1. The molecule has 1 aliphatic rings. The first-order chi connectivity index (χ1) is 11.7. The molecule has 2 aromatic carbocycles. The van der Waals surface area contributed by atoms with Crippen LogP contribution in [0.1, 0.15) is 30.4 Å². The summed E-state index contributed by atoms with van der Waals surface area (Å²) in [6.07, 6.45) is 3.92. The lowest BCUT2D eigenvalue weighted by Crippen LogP contribution is -2.29. The number of aryl methyl sites for hydroxylation is 2. The van der Waals surface area contributed by atoms with Crippen molar-refractivity contribution in [1.82, 2.24) is 4.98 Å². The molecular weight excluding hydrogens is 292 g/mol. The molecule has 0 N–H and O–H groups in total. The minimum Gasteiger partial charge on any atom is -0.370 e. The third kappa shape index (κ3) is 2.89. The van der Waals surface area contributed by atoms with Gasteiger partial charge in [-0.05, 0) is 57.4 Å². The quantitative estimate of drug-likeness (QED) is 0.620. The molecule has 2 nitrogen and oxygen atoms in total. The lowest BCUT2D eigenvalue weighted by Gasteiger charge is -2.29. The van der Waals surface area contributed by atoms with Crippen LogP contribution in [0.4, 0.5) is 5.69 Å². The molecular formula is C22H24N2. The van der Waals surface area contributed by atoms with Gasteiger partial charge in [-0.15, -0.1) is 0 Å². The second kappa shape index (κ2) is 6.27. The lowest BCUT2D eigenvalue weighted by molar-refractivity contribution is 0.579. The van der Waals surface area contributed by atoms with Crippen LogP contribution < -0.4 is 4.90 Å². The van der Waals surface area contributed by atoms with Gasteiger partial charge in [0.2, 0.25) is 0 Å². The molecule has 0 unspecified atom stereocenters. The average Bonchev–Trinajstić information content (AvgIpc) is 2.60. The van der Waals surface area contributed by atoms with Crippen molar-refractivity contribution < 1.29 is 0 Å². The molecule has 1 aromatic heterocycles. The fraction of sp³-hybridized carbons (Fsp3) is 0.318. The second-order valence-corrected chi connectivity index (χ2v) is 6.97. The van der Waals surface area contributed by atoms with Crippen LogP contribution in [0.15, 0.2) is 48.5 Å². The molecule has 0 bridgehead atoms. The second-order valence-electron chi connectivity index (χ2n) is 6.97. The number of piperidine rings is 1. The van der Waals surface area contributed by atoms with Gasteiger partial charge in [0, 0.05) is 24.0 Å². The maximum Gasteiger partial charge on any atom is 0.0942 e. The topological polar surface area (TPSA) is 16.1 Å². The Hall–Kier alpha value is -2.35. The standard InChI is InChI=1S/C22H24N2/c1-16-13-17(2)15-19(14-16)20-10-9-18-7-6-8-21(22(18)23-20)24-11-4-3-5-12-24/h6-10,13-15H,3-5,11-12H2,1-2H3. The van der Waals surface area contributed by atoms with E-state index in [2.05, 4.69) is 67.3 Å². The minimum absolute atomic E-state index is 1.07. The molecule has 0 atom stereocenters. The molecule has 1 aliphatic heterocycles. The first kappa shape index (κ1) is 15.2. The fourth-order valence-electron chi connectivity index (χ4n) is 3.80. The van der Waals surface area contributed by atoms with Crippen molar-refractivity contribution in [2.45, 2.75) is 33.1 Å². The Bertz CT molecular complexity index is 856. The van der Waals surface area contributed by atoms with Crippen LogP contribution >= 0.6 is 0 Å². The smallest absolute Gasteiger partial charge is 0.0942 e. The largest absolute Gasteiger partial charge is 0.370 e. The molecule has 0 aliphatic carbocycles. The Balaban J connectivity index is 1.84. The summed E-state index contributed by atoms with van der Waals surface area (Å²) in [6.45, 7) is 6.59. The maximum absolute atomic E-state index is 5.06. The third-order valence-corrected chi connectivity index (χ3v) is 4.91. The van der Waals surface area contributed by atoms with Gasteiger partial charge in [0.05, 0.1) is 16.9 Å². The van der Waals surface area contributed by atoms with Gasteiger partial charge in [0.1, 0.15) is 0 Å². The number of benzene rings is 2. The molecule has 0 radical (unpaired) electrons. The van der Waals surface area contributed by atoms with Crippen LogP contribution in [-0.2, 0) is 0 Å². The van der Waals surface area contributed by atoms with Crippen molar-refractivity contribution in [2.24, 2.45) is 0 Å². The predicted octanol–water partition coefficient (Wildman–Crippen LogP) is 5.51. The summed E-state index contributed by atoms with van der Waals surface area (Å²) in [6, 6.07) is 17.6. The van der Waals surface area contributed by atoms with Crippen LogP contribution in [0, 0.1) is 13.8 Å². The first-order valence-electron chi connectivity index (χ1n) is 8.94. The SMILES string of the molecule is Cc1cc(C)cc(-c2ccc3cccc(N4CCCCC4)c3n2)c1. The van der Waals surface area contributed by atoms with Crippen LogP contribution in [-0.4, -0.2) is 18.1 Å². The molecule has 4 rings (SSSR count). The number of hydrogen-bond donors (Lipinski definition) is 0. The van der Waals surface area contributed by atoms with E-state index < -0.39 is 0 Å². The van der Waals surface area contributed by atoms with E-state index in [1.54, 1.807) is 0 Å². The highest BCUT2D eigenvalue weighted by molar-refractivity contribution is 5.92. The number of hydrogen-bond acceptors (Lipinski definition) is 2. The van der Waals surface area contributed by atoms with E-state index in [4.69, 9.17) is 4.98 Å². The lowest BCUT2D eigenvalue weighted by atomic mass is 10.0. The summed E-state index contributed by atoms with van der Waals surface area (Å²) in [7, 11) is 0. The van der Waals surface area contributed by atoms with Gasteiger partial charge in [-0.3, -0.25) is 0 Å². The normalized spacial score (nSPS) is 15.0. The van der Waals surface area contributed by atoms with Crippen molar-refractivity contribution in [2.75, 3.05) is 18.0 Å². The molecule has 0 amide bonds. The third-order valence-electron chi connectivity index (χ3n) is 4.91. The molecule has 1 fully saturated rings. The van der Waals surface area contributed by atoms with Crippen LogP contribution in [0.5, 0.6) is 0 Å². The Morgan fingerprint density at radius 3 is 2.33 bits per heavy atom. The van der Waals surface area contributed by atoms with Crippen molar-refractivity contribution in [3.05, 3.63) is 59.7 Å². The van der Waals surface area contributed by atoms with E-state index in [0.717, 1.165) is 24.3 Å². The Morgan fingerprint density at radius 1 is 0.833 bits per heavy atom. The number of rotatable bonds is 2. The highest BCUT2D eigenvalue weighted by Gasteiger charge is 2.15. The zero-order chi connectivity index (χ0) is 16.5. The van der Waals surface area contributed by atoms with Crippen molar-refractivity contribution in [3.63, 3.8) is 0 Å². The predicted molar refractivity (Wildman–Crippen MR) is 103 cm³/mol. The van der Waals surface area contributed by atoms with E-state index in [0.29, 0.717) is 0 Å². The summed E-state index contributed by atoms with van der Waals surface area (Å²) in [5, 5.41) is 1.23. The number of aromatic nitrogens is 1. The molecule has 1 saturated heterocycles. The van der Waals surface area contributed by atoms with Gasteiger partial charge in [0.15, 0.2) is 0 Å². The molecule has 2 heterocycles. The van der Waals surface area contributed by atoms with Crippen LogP contribution in [0.2, 0.25) is 0 Å². The zero-order valence-corrected chi connectivity index (χ0v) is 14.5. The Morgan fingerprint density at radius 2 is 1.58 bits per heavy atom. The molecule has 24 heavy (non-hydrogen) atoms. The summed E-state index contributed by atoms with van der Waals surface area (Å²) in [4.78, 5) is 7.57. The van der Waals surface area contributed by atoms with E-state index in [9.17, 15) is 0 Å². The van der Waals surface area contributed by atoms with E-state index >= 15 is 0 Å². The molecule has 0 saturated carbocycles. The first-order valence-corrected chi connectivity index (χ1v) is 8.94. The van der Waals surface area contributed by atoms with Gasteiger partial charge in [-0.25, -0.2) is 4.98 Å². The van der Waals surface area contributed by atoms with Gasteiger partial charge in [-0.2, -0.15) is 0 Å². The Labute approximate surface area is 144 Å². The van der Waals surface area contributed by atoms with Crippen LogP contribution in [0.3, 0.4) is 0 Å². The maximum atomic E-state index is 5.06. The van der Waals surface area contributed by atoms with Crippen molar-refractivity contribution >= 4 is 16.6 Å². The minimum atomic E-state index is 1.07. The van der Waals surface area contributed by atoms with Crippen molar-refractivity contribution in [3.8, 4) is 11.3 Å². The number of pyridine rings is 1. The van der Waals surface area contributed by atoms with E-state index in [-0.39, 0.29) is 0 Å². The van der Waals surface area contributed by atoms with E-state index in [1.807, 2.05) is 0 Å². The highest BCUT2D eigenvalue weighted by Crippen LogP contribution is 2.30. The van der Waals surface area contributed by atoms with Crippen LogP contribution in [0.25, 0.3) is 22.2 Å². The van der Waals surface area contributed by atoms with Gasteiger partial charge >= 0.3 is 0 Å². The van der Waals surface area contributed by atoms with Gasteiger partial charge < -0.3 is 4.90 Å².